The summed E-state index contributed by atoms with van der Waals surface area (Å²) in [6, 6.07) is 0.0574. The van der Waals surface area contributed by atoms with E-state index in [9.17, 15) is 9.59 Å². The van der Waals surface area contributed by atoms with Gasteiger partial charge in [0.05, 0.1) is 17.1 Å². The van der Waals surface area contributed by atoms with E-state index in [1.165, 1.54) is 6.92 Å². The normalized spacial score (nSPS) is 18.4. The highest BCUT2D eigenvalue weighted by molar-refractivity contribution is 5.77. The second-order valence-electron chi connectivity index (χ2n) is 5.27. The number of hydrogen-bond donors (Lipinski definition) is 2. The average Bonchev–Trinajstić information content (AvgIpc) is 2.91. The fourth-order valence-electron chi connectivity index (χ4n) is 2.48. The number of rotatable bonds is 3. The Labute approximate surface area is 118 Å². The summed E-state index contributed by atoms with van der Waals surface area (Å²) in [5.74, 6) is -0.0564. The molecule has 0 bridgehead atoms. The van der Waals surface area contributed by atoms with Crippen LogP contribution >= 0.6 is 0 Å². The Hall–Kier alpha value is -2.05. The smallest absolute Gasteiger partial charge is 0.244 e. The molecule has 2 amide bonds. The molecular formula is C13H21N5O2. The van der Waals surface area contributed by atoms with Gasteiger partial charge in [0.1, 0.15) is 6.54 Å². The molecular weight excluding hydrogens is 258 g/mol. The number of anilines is 1. The highest BCUT2D eigenvalue weighted by atomic mass is 16.2. The Bertz CT molecular complexity index is 537. The molecule has 1 unspecified atom stereocenters. The largest absolute Gasteiger partial charge is 0.396 e. The Morgan fingerprint density at radius 1 is 1.45 bits per heavy atom. The van der Waals surface area contributed by atoms with Gasteiger partial charge in [-0.15, -0.1) is 0 Å². The van der Waals surface area contributed by atoms with Crippen molar-refractivity contribution in [3.63, 3.8) is 0 Å². The van der Waals surface area contributed by atoms with Crippen molar-refractivity contribution in [1.82, 2.24) is 20.0 Å². The van der Waals surface area contributed by atoms with E-state index in [1.54, 1.807) is 9.58 Å². The number of amides is 2. The van der Waals surface area contributed by atoms with Gasteiger partial charge >= 0.3 is 0 Å². The summed E-state index contributed by atoms with van der Waals surface area (Å²) in [4.78, 5) is 25.0. The predicted molar refractivity (Wildman–Crippen MR) is 74.9 cm³/mol. The second-order valence-corrected chi connectivity index (χ2v) is 5.27. The Morgan fingerprint density at radius 2 is 2.15 bits per heavy atom. The molecule has 0 aromatic carbocycles. The molecule has 7 nitrogen and oxygen atoms in total. The van der Waals surface area contributed by atoms with Crippen LogP contribution in [0.5, 0.6) is 0 Å². The van der Waals surface area contributed by atoms with Crippen LogP contribution in [0.3, 0.4) is 0 Å². The lowest BCUT2D eigenvalue weighted by atomic mass is 10.3. The molecule has 1 saturated heterocycles. The zero-order valence-corrected chi connectivity index (χ0v) is 12.1. The third kappa shape index (κ3) is 2.92. The lowest BCUT2D eigenvalue weighted by Gasteiger charge is -2.17. The van der Waals surface area contributed by atoms with Gasteiger partial charge in [-0.25, -0.2) is 0 Å². The molecule has 0 spiro atoms. The maximum absolute atomic E-state index is 12.2. The molecule has 1 fully saturated rings. The van der Waals surface area contributed by atoms with Crippen molar-refractivity contribution in [3.8, 4) is 0 Å². The second kappa shape index (κ2) is 5.52. The van der Waals surface area contributed by atoms with E-state index >= 15 is 0 Å². The van der Waals surface area contributed by atoms with E-state index < -0.39 is 0 Å². The number of aromatic nitrogens is 2. The van der Waals surface area contributed by atoms with Crippen molar-refractivity contribution in [3.05, 3.63) is 11.4 Å². The number of likely N-dealkylation sites (tertiary alicyclic amines) is 1. The molecule has 0 saturated carbocycles. The van der Waals surface area contributed by atoms with Crippen LogP contribution in [0.4, 0.5) is 5.69 Å². The molecule has 2 rings (SSSR count). The molecule has 0 radical (unpaired) electrons. The van der Waals surface area contributed by atoms with Gasteiger partial charge in [-0.1, -0.05) is 0 Å². The summed E-state index contributed by atoms with van der Waals surface area (Å²) < 4.78 is 1.64. The maximum atomic E-state index is 12.2. The van der Waals surface area contributed by atoms with Crippen molar-refractivity contribution >= 4 is 17.5 Å². The van der Waals surface area contributed by atoms with Crippen LogP contribution < -0.4 is 11.1 Å². The number of nitrogens with zero attached hydrogens (tertiary/aromatic N) is 3. The van der Waals surface area contributed by atoms with Gasteiger partial charge in [0.15, 0.2) is 0 Å². The number of hydrogen-bond acceptors (Lipinski definition) is 4. The van der Waals surface area contributed by atoms with Gasteiger partial charge in [0.25, 0.3) is 0 Å². The third-order valence-corrected chi connectivity index (χ3v) is 3.67. The van der Waals surface area contributed by atoms with Crippen LogP contribution in [0.15, 0.2) is 0 Å². The topological polar surface area (TPSA) is 93.2 Å². The van der Waals surface area contributed by atoms with Crippen molar-refractivity contribution in [2.24, 2.45) is 0 Å². The summed E-state index contributed by atoms with van der Waals surface area (Å²) in [7, 11) is 0. The lowest BCUT2D eigenvalue weighted by molar-refractivity contribution is -0.131. The first-order valence-electron chi connectivity index (χ1n) is 6.73. The number of nitrogens with one attached hydrogen (secondary N) is 1. The first kappa shape index (κ1) is 14.4. The van der Waals surface area contributed by atoms with E-state index in [1.807, 2.05) is 13.8 Å². The van der Waals surface area contributed by atoms with Crippen LogP contribution in [0.1, 0.15) is 24.7 Å². The fraction of sp³-hybridized carbons (Fsp3) is 0.615. The zero-order valence-electron chi connectivity index (χ0n) is 12.1. The lowest BCUT2D eigenvalue weighted by Crippen LogP contribution is -2.38. The van der Waals surface area contributed by atoms with Crippen molar-refractivity contribution in [2.45, 2.75) is 39.8 Å². The van der Waals surface area contributed by atoms with E-state index in [-0.39, 0.29) is 24.4 Å². The molecule has 1 aromatic rings. The van der Waals surface area contributed by atoms with Crippen molar-refractivity contribution < 1.29 is 9.59 Å². The van der Waals surface area contributed by atoms with E-state index in [0.717, 1.165) is 17.8 Å². The van der Waals surface area contributed by atoms with Gasteiger partial charge in [-0.2, -0.15) is 5.10 Å². The molecule has 3 N–H and O–H groups in total. The predicted octanol–water partition coefficient (Wildman–Crippen LogP) is -0.181. The quantitative estimate of drug-likeness (QED) is 0.802. The molecule has 1 aromatic heterocycles. The zero-order chi connectivity index (χ0) is 14.9. The SMILES string of the molecule is CC(=O)NC1CCN(C(=O)Cn2nc(C)c(N)c2C)C1. The molecule has 1 aliphatic heterocycles. The summed E-state index contributed by atoms with van der Waals surface area (Å²) in [6.07, 6.45) is 0.796. The van der Waals surface area contributed by atoms with Crippen LogP contribution in [-0.2, 0) is 16.1 Å². The minimum absolute atomic E-state index is 0.00320. The van der Waals surface area contributed by atoms with Gasteiger partial charge in [-0.3, -0.25) is 14.3 Å². The van der Waals surface area contributed by atoms with Crippen molar-refractivity contribution in [1.29, 1.82) is 0 Å². The van der Waals surface area contributed by atoms with Gasteiger partial charge < -0.3 is 16.0 Å². The monoisotopic (exact) mass is 279 g/mol. The van der Waals surface area contributed by atoms with Crippen LogP contribution in [0.25, 0.3) is 0 Å². The van der Waals surface area contributed by atoms with Gasteiger partial charge in [0, 0.05) is 26.1 Å². The maximum Gasteiger partial charge on any atom is 0.244 e. The number of nitrogen functional groups attached to an aromatic ring is 1. The molecule has 20 heavy (non-hydrogen) atoms. The molecule has 1 aliphatic rings. The molecule has 1 atom stereocenters. The van der Waals surface area contributed by atoms with Gasteiger partial charge in [0.2, 0.25) is 11.8 Å². The Morgan fingerprint density at radius 3 is 2.70 bits per heavy atom. The van der Waals surface area contributed by atoms with Crippen LogP contribution in [-0.4, -0.2) is 45.6 Å². The summed E-state index contributed by atoms with van der Waals surface area (Å²) in [6.45, 7) is 6.59. The fourth-order valence-corrected chi connectivity index (χ4v) is 2.48. The number of aryl methyl sites for hydroxylation is 1. The third-order valence-electron chi connectivity index (χ3n) is 3.67. The standard InChI is InChI=1S/C13H21N5O2/c1-8-13(14)9(2)18(16-8)7-12(20)17-5-4-11(6-17)15-10(3)19/h11H,4-7,14H2,1-3H3,(H,15,19). The minimum Gasteiger partial charge on any atom is -0.396 e. The van der Waals surface area contributed by atoms with Crippen molar-refractivity contribution in [2.75, 3.05) is 18.8 Å². The summed E-state index contributed by atoms with van der Waals surface area (Å²) in [5.41, 5.74) is 8.04. The van der Waals surface area contributed by atoms with Gasteiger partial charge in [-0.05, 0) is 20.3 Å². The summed E-state index contributed by atoms with van der Waals surface area (Å²) >= 11 is 0. The number of nitrogens with two attached hydrogens (primary N) is 1. The highest BCUT2D eigenvalue weighted by Gasteiger charge is 2.27. The van der Waals surface area contributed by atoms with E-state index in [0.29, 0.717) is 18.8 Å². The molecule has 0 aliphatic carbocycles. The Kier molecular flexibility index (Phi) is 3.96. The average molecular weight is 279 g/mol. The van der Waals surface area contributed by atoms with Crippen LogP contribution in [0.2, 0.25) is 0 Å². The molecule has 110 valence electrons. The first-order valence-corrected chi connectivity index (χ1v) is 6.73. The highest BCUT2D eigenvalue weighted by Crippen LogP contribution is 2.16. The van der Waals surface area contributed by atoms with Crippen LogP contribution in [0, 0.1) is 13.8 Å². The number of carbonyl (C=O) groups is 2. The number of carbonyl (C=O) groups excluding carboxylic acids is 2. The molecule has 7 heteroatoms. The minimum atomic E-state index is -0.0596. The first-order chi connectivity index (χ1) is 9.38. The van der Waals surface area contributed by atoms with E-state index in [2.05, 4.69) is 10.4 Å². The summed E-state index contributed by atoms with van der Waals surface area (Å²) in [5, 5.41) is 7.10. The van der Waals surface area contributed by atoms with E-state index in [4.69, 9.17) is 5.73 Å². The molecule has 2 heterocycles. The Balaban J connectivity index is 1.96.